The lowest BCUT2D eigenvalue weighted by molar-refractivity contribution is 0.321. The van der Waals surface area contributed by atoms with E-state index in [4.69, 9.17) is 16.3 Å². The maximum atomic E-state index is 13.8. The number of ether oxygens (including phenoxy) is 1. The molecule has 1 N–H and O–H groups in total. The summed E-state index contributed by atoms with van der Waals surface area (Å²) in [6, 6.07) is 10.5. The molecule has 0 amide bonds. The van der Waals surface area contributed by atoms with Gasteiger partial charge in [0.1, 0.15) is 0 Å². The van der Waals surface area contributed by atoms with Gasteiger partial charge in [-0.25, -0.2) is 12.8 Å². The summed E-state index contributed by atoms with van der Waals surface area (Å²) in [5, 5.41) is 0. The number of alkyl halides is 1. The molecular weight excluding hydrogens is 353 g/mol. The van der Waals surface area contributed by atoms with Crippen LogP contribution in [0.5, 0.6) is 5.75 Å². The zero-order chi connectivity index (χ0) is 17.6. The molecule has 0 unspecified atom stereocenters. The molecule has 7 heteroatoms. The predicted octanol–water partition coefficient (Wildman–Crippen LogP) is 4.20. The highest BCUT2D eigenvalue weighted by atomic mass is 35.5. The van der Waals surface area contributed by atoms with Crippen LogP contribution in [-0.2, 0) is 16.4 Å². The van der Waals surface area contributed by atoms with Crippen LogP contribution in [0.2, 0.25) is 0 Å². The van der Waals surface area contributed by atoms with Gasteiger partial charge in [0.2, 0.25) is 0 Å². The fraction of sp³-hybridized carbons (Fsp3) is 0.294. The van der Waals surface area contributed by atoms with E-state index in [0.29, 0.717) is 12.5 Å². The quantitative estimate of drug-likeness (QED) is 0.707. The van der Waals surface area contributed by atoms with Crippen LogP contribution in [0.3, 0.4) is 0 Å². The summed E-state index contributed by atoms with van der Waals surface area (Å²) in [6.45, 7) is 2.07. The SMILES string of the molecule is CCOc1ccc(NS(=O)(=O)c2ccc(CCCCl)cc2)cc1F. The summed E-state index contributed by atoms with van der Waals surface area (Å²) >= 11 is 5.64. The van der Waals surface area contributed by atoms with Crippen LogP contribution in [0.15, 0.2) is 47.4 Å². The van der Waals surface area contributed by atoms with Gasteiger partial charge in [0.25, 0.3) is 10.0 Å². The first-order chi connectivity index (χ1) is 11.5. The summed E-state index contributed by atoms with van der Waals surface area (Å²) in [7, 11) is -3.78. The highest BCUT2D eigenvalue weighted by Gasteiger charge is 2.15. The second kappa shape index (κ2) is 8.35. The van der Waals surface area contributed by atoms with E-state index in [1.54, 1.807) is 19.1 Å². The van der Waals surface area contributed by atoms with Crippen LogP contribution < -0.4 is 9.46 Å². The number of halogens is 2. The van der Waals surface area contributed by atoms with E-state index < -0.39 is 15.8 Å². The van der Waals surface area contributed by atoms with E-state index in [9.17, 15) is 12.8 Å². The molecule has 0 aliphatic carbocycles. The van der Waals surface area contributed by atoms with Crippen molar-refractivity contribution in [2.45, 2.75) is 24.7 Å². The molecule has 0 aromatic heterocycles. The fourth-order valence-electron chi connectivity index (χ4n) is 2.16. The van der Waals surface area contributed by atoms with Crippen LogP contribution in [0.1, 0.15) is 18.9 Å². The number of aryl methyl sites for hydroxylation is 1. The molecule has 130 valence electrons. The summed E-state index contributed by atoms with van der Waals surface area (Å²) in [5.74, 6) is 0.0304. The zero-order valence-electron chi connectivity index (χ0n) is 13.3. The van der Waals surface area contributed by atoms with Crippen molar-refractivity contribution in [1.82, 2.24) is 0 Å². The van der Waals surface area contributed by atoms with Gasteiger partial charge in [-0.05, 0) is 49.6 Å². The van der Waals surface area contributed by atoms with Gasteiger partial charge in [-0.3, -0.25) is 4.72 Å². The molecule has 0 bridgehead atoms. The predicted molar refractivity (Wildman–Crippen MR) is 93.9 cm³/mol. The molecule has 0 radical (unpaired) electrons. The number of benzene rings is 2. The largest absolute Gasteiger partial charge is 0.491 e. The Morgan fingerprint density at radius 3 is 2.46 bits per heavy atom. The molecule has 0 spiro atoms. The van der Waals surface area contributed by atoms with Crippen LogP contribution in [0.4, 0.5) is 10.1 Å². The third kappa shape index (κ3) is 4.85. The maximum absolute atomic E-state index is 13.8. The van der Waals surface area contributed by atoms with Crippen molar-refractivity contribution >= 4 is 27.3 Å². The average molecular weight is 372 g/mol. The number of nitrogens with one attached hydrogen (secondary N) is 1. The Labute approximate surface area is 146 Å². The molecule has 0 heterocycles. The topological polar surface area (TPSA) is 55.4 Å². The van der Waals surface area contributed by atoms with Gasteiger partial charge < -0.3 is 4.74 Å². The second-order valence-electron chi connectivity index (χ2n) is 5.12. The van der Waals surface area contributed by atoms with Crippen LogP contribution in [-0.4, -0.2) is 20.9 Å². The van der Waals surface area contributed by atoms with Crippen molar-refractivity contribution in [3.05, 3.63) is 53.8 Å². The van der Waals surface area contributed by atoms with E-state index >= 15 is 0 Å². The Hall–Kier alpha value is -1.79. The lowest BCUT2D eigenvalue weighted by Gasteiger charge is -2.10. The third-order valence-electron chi connectivity index (χ3n) is 3.32. The summed E-state index contributed by atoms with van der Waals surface area (Å²) in [6.07, 6.45) is 1.62. The zero-order valence-corrected chi connectivity index (χ0v) is 14.8. The van der Waals surface area contributed by atoms with Crippen molar-refractivity contribution in [2.24, 2.45) is 0 Å². The highest BCUT2D eigenvalue weighted by Crippen LogP contribution is 2.23. The van der Waals surface area contributed by atoms with Gasteiger partial charge in [0, 0.05) is 11.9 Å². The molecule has 2 aromatic carbocycles. The summed E-state index contributed by atoms with van der Waals surface area (Å²) in [4.78, 5) is 0.117. The van der Waals surface area contributed by atoms with Gasteiger partial charge >= 0.3 is 0 Å². The number of anilines is 1. The molecule has 0 aliphatic heterocycles. The van der Waals surface area contributed by atoms with E-state index in [1.807, 2.05) is 0 Å². The molecule has 0 atom stereocenters. The summed E-state index contributed by atoms with van der Waals surface area (Å²) < 4.78 is 46.0. The van der Waals surface area contributed by atoms with Crippen molar-refractivity contribution in [3.63, 3.8) is 0 Å². The van der Waals surface area contributed by atoms with Gasteiger partial charge in [-0.2, -0.15) is 0 Å². The molecule has 0 saturated carbocycles. The highest BCUT2D eigenvalue weighted by molar-refractivity contribution is 7.92. The van der Waals surface area contributed by atoms with Crippen molar-refractivity contribution in [1.29, 1.82) is 0 Å². The Kier molecular flexibility index (Phi) is 6.45. The lowest BCUT2D eigenvalue weighted by Crippen LogP contribution is -2.13. The van der Waals surface area contributed by atoms with Gasteiger partial charge in [0.15, 0.2) is 11.6 Å². The first-order valence-corrected chi connectivity index (χ1v) is 9.58. The van der Waals surface area contributed by atoms with E-state index in [0.717, 1.165) is 24.5 Å². The minimum absolute atomic E-state index is 0.0871. The van der Waals surface area contributed by atoms with Crippen LogP contribution in [0.25, 0.3) is 0 Å². The average Bonchev–Trinajstić information content (AvgIpc) is 2.55. The van der Waals surface area contributed by atoms with E-state index in [1.165, 1.54) is 24.3 Å². The Balaban J connectivity index is 2.14. The molecule has 0 fully saturated rings. The maximum Gasteiger partial charge on any atom is 0.261 e. The molecular formula is C17H19ClFNO3S. The number of sulfonamides is 1. The van der Waals surface area contributed by atoms with E-state index in [-0.39, 0.29) is 16.3 Å². The first kappa shape index (κ1) is 18.5. The number of hydrogen-bond donors (Lipinski definition) is 1. The Morgan fingerprint density at radius 2 is 1.88 bits per heavy atom. The molecule has 4 nitrogen and oxygen atoms in total. The smallest absolute Gasteiger partial charge is 0.261 e. The van der Waals surface area contributed by atoms with Crippen molar-refractivity contribution in [3.8, 4) is 5.75 Å². The van der Waals surface area contributed by atoms with Gasteiger partial charge in [-0.15, -0.1) is 11.6 Å². The van der Waals surface area contributed by atoms with Crippen LogP contribution in [0, 0.1) is 5.82 Å². The monoisotopic (exact) mass is 371 g/mol. The number of hydrogen-bond acceptors (Lipinski definition) is 3. The normalized spacial score (nSPS) is 11.3. The van der Waals surface area contributed by atoms with Gasteiger partial charge in [0.05, 0.1) is 17.2 Å². The standard InChI is InChI=1S/C17H19ClFNO3S/c1-2-23-17-10-7-14(12-16(17)19)20-24(21,22)15-8-5-13(6-9-15)4-3-11-18/h5-10,12,20H,2-4,11H2,1H3. The van der Waals surface area contributed by atoms with Gasteiger partial charge in [-0.1, -0.05) is 12.1 Å². The minimum Gasteiger partial charge on any atom is -0.491 e. The lowest BCUT2D eigenvalue weighted by atomic mass is 10.1. The second-order valence-corrected chi connectivity index (χ2v) is 7.18. The molecule has 0 aliphatic rings. The molecule has 2 rings (SSSR count). The summed E-state index contributed by atoms with van der Waals surface area (Å²) in [5.41, 5.74) is 1.16. The Morgan fingerprint density at radius 1 is 1.17 bits per heavy atom. The Bertz CT molecular complexity index is 779. The number of rotatable bonds is 8. The van der Waals surface area contributed by atoms with Crippen molar-refractivity contribution < 1.29 is 17.5 Å². The van der Waals surface area contributed by atoms with Crippen molar-refractivity contribution in [2.75, 3.05) is 17.2 Å². The molecule has 0 saturated heterocycles. The third-order valence-corrected chi connectivity index (χ3v) is 4.98. The van der Waals surface area contributed by atoms with E-state index in [2.05, 4.69) is 4.72 Å². The molecule has 24 heavy (non-hydrogen) atoms. The minimum atomic E-state index is -3.78. The first-order valence-electron chi connectivity index (χ1n) is 7.56. The molecule has 2 aromatic rings. The fourth-order valence-corrected chi connectivity index (χ4v) is 3.34. The van der Waals surface area contributed by atoms with Crippen LogP contribution >= 0.6 is 11.6 Å².